The van der Waals surface area contributed by atoms with E-state index in [0.717, 1.165) is 24.9 Å². The first-order valence-electron chi connectivity index (χ1n) is 7.39. The minimum absolute atomic E-state index is 0.162. The van der Waals surface area contributed by atoms with Crippen LogP contribution in [-0.2, 0) is 26.2 Å². The van der Waals surface area contributed by atoms with E-state index >= 15 is 0 Å². The molecule has 2 heterocycles. The number of rotatable bonds is 4. The van der Waals surface area contributed by atoms with Crippen LogP contribution >= 0.6 is 0 Å². The van der Waals surface area contributed by atoms with Crippen LogP contribution in [-0.4, -0.2) is 52.8 Å². The van der Waals surface area contributed by atoms with Crippen molar-refractivity contribution in [3.05, 3.63) is 23.9 Å². The van der Waals surface area contributed by atoms with Crippen LogP contribution < -0.4 is 5.32 Å². The maximum atomic E-state index is 12.2. The lowest BCUT2D eigenvalue weighted by Gasteiger charge is -2.09. The summed E-state index contributed by atoms with van der Waals surface area (Å²) in [6, 6.07) is 4.54. The number of aliphatic imine (C=N–C) groups is 1. The maximum Gasteiger partial charge on any atom is 0.177 e. The normalized spacial score (nSPS) is 15.5. The molecule has 0 radical (unpaired) electrons. The molecule has 0 bridgehead atoms. The Balaban J connectivity index is 2.32. The topological polar surface area (TPSA) is 97.6 Å². The van der Waals surface area contributed by atoms with E-state index in [9.17, 15) is 16.8 Å². The number of nitrogens with zero attached hydrogens (tertiary/aromatic N) is 2. The fourth-order valence-electron chi connectivity index (χ4n) is 3.03. The van der Waals surface area contributed by atoms with Crippen LogP contribution in [0.4, 0.5) is 0 Å². The number of hydrogen-bond donors (Lipinski definition) is 1. The molecular weight excluding hydrogens is 350 g/mol. The maximum absolute atomic E-state index is 12.2. The Hall–Kier alpha value is -1.87. The Bertz CT molecular complexity index is 1060. The Labute approximate surface area is 141 Å². The number of fused-ring (bicyclic) bond motifs is 1. The quantitative estimate of drug-likeness (QED) is 0.858. The molecule has 3 rings (SSSR count). The highest BCUT2D eigenvalue weighted by atomic mass is 32.2. The van der Waals surface area contributed by atoms with Gasteiger partial charge in [0, 0.05) is 30.1 Å². The van der Waals surface area contributed by atoms with Crippen molar-refractivity contribution in [1.29, 1.82) is 0 Å². The summed E-state index contributed by atoms with van der Waals surface area (Å²) in [4.78, 5) is 4.73. The number of benzene rings is 1. The molecule has 0 atom stereocenters. The van der Waals surface area contributed by atoms with Gasteiger partial charge in [-0.25, -0.2) is 16.8 Å². The minimum atomic E-state index is -3.45. The molecule has 1 aliphatic rings. The number of nitrogens with one attached hydrogen (secondary N) is 1. The van der Waals surface area contributed by atoms with Crippen LogP contribution in [0.15, 0.2) is 33.0 Å². The SMILES string of the molecule is Cc1c(S(C)(=O)=O)c2ccc(S(C)(=O)=O)cc2n1CC1=NCCN1. The Morgan fingerprint density at radius 3 is 2.42 bits per heavy atom. The molecule has 1 aliphatic heterocycles. The van der Waals surface area contributed by atoms with Crippen LogP contribution in [0.25, 0.3) is 10.9 Å². The van der Waals surface area contributed by atoms with Crippen LogP contribution in [0.5, 0.6) is 0 Å². The van der Waals surface area contributed by atoms with Crippen LogP contribution in [0.1, 0.15) is 5.69 Å². The lowest BCUT2D eigenvalue weighted by Crippen LogP contribution is -2.24. The largest absolute Gasteiger partial charge is 0.370 e. The van der Waals surface area contributed by atoms with Gasteiger partial charge >= 0.3 is 0 Å². The highest BCUT2D eigenvalue weighted by Crippen LogP contribution is 2.31. The van der Waals surface area contributed by atoms with Crippen molar-refractivity contribution >= 4 is 36.4 Å². The van der Waals surface area contributed by atoms with E-state index < -0.39 is 19.7 Å². The highest BCUT2D eigenvalue weighted by molar-refractivity contribution is 7.91. The minimum Gasteiger partial charge on any atom is -0.370 e. The van der Waals surface area contributed by atoms with Gasteiger partial charge in [-0.05, 0) is 19.1 Å². The van der Waals surface area contributed by atoms with Gasteiger partial charge in [0.05, 0.1) is 28.4 Å². The monoisotopic (exact) mass is 369 g/mol. The second-order valence-electron chi connectivity index (χ2n) is 5.98. The lowest BCUT2D eigenvalue weighted by molar-refractivity contribution is 0.600. The van der Waals surface area contributed by atoms with E-state index in [1.54, 1.807) is 17.6 Å². The van der Waals surface area contributed by atoms with Gasteiger partial charge in [-0.1, -0.05) is 6.07 Å². The van der Waals surface area contributed by atoms with Gasteiger partial charge < -0.3 is 9.88 Å². The van der Waals surface area contributed by atoms with Gasteiger partial charge in [-0.15, -0.1) is 0 Å². The molecule has 0 aliphatic carbocycles. The Kier molecular flexibility index (Phi) is 3.95. The molecule has 0 saturated heterocycles. The molecule has 7 nitrogen and oxygen atoms in total. The molecule has 0 amide bonds. The van der Waals surface area contributed by atoms with E-state index in [4.69, 9.17) is 0 Å². The second-order valence-corrected chi connectivity index (χ2v) is 9.95. The lowest BCUT2D eigenvalue weighted by atomic mass is 10.2. The number of hydrogen-bond acceptors (Lipinski definition) is 6. The van der Waals surface area contributed by atoms with Crippen molar-refractivity contribution in [2.45, 2.75) is 23.3 Å². The van der Waals surface area contributed by atoms with Gasteiger partial charge in [0.2, 0.25) is 0 Å². The average molecular weight is 369 g/mol. The average Bonchev–Trinajstić information content (AvgIpc) is 3.04. The first-order valence-corrected chi connectivity index (χ1v) is 11.2. The zero-order valence-corrected chi connectivity index (χ0v) is 15.3. The van der Waals surface area contributed by atoms with Gasteiger partial charge in [0.1, 0.15) is 5.84 Å². The Morgan fingerprint density at radius 2 is 1.88 bits per heavy atom. The predicted molar refractivity (Wildman–Crippen MR) is 93.2 cm³/mol. The van der Waals surface area contributed by atoms with Crippen molar-refractivity contribution in [2.24, 2.45) is 4.99 Å². The van der Waals surface area contributed by atoms with Gasteiger partial charge in [0.15, 0.2) is 19.7 Å². The fraction of sp³-hybridized carbons (Fsp3) is 0.400. The van der Waals surface area contributed by atoms with E-state index in [1.165, 1.54) is 12.1 Å². The third-order valence-electron chi connectivity index (χ3n) is 4.09. The standard InChI is InChI=1S/C15H19N3O4S2/c1-10-15(24(3,21)22)12-5-4-11(23(2,19)20)8-13(12)18(10)9-14-16-6-7-17-14/h4-5,8H,6-7,9H2,1-3H3,(H,16,17). The molecular formula is C15H19N3O4S2. The van der Waals surface area contributed by atoms with Crippen molar-refractivity contribution in [3.63, 3.8) is 0 Å². The molecule has 9 heteroatoms. The fourth-order valence-corrected chi connectivity index (χ4v) is 4.89. The smallest absolute Gasteiger partial charge is 0.177 e. The van der Waals surface area contributed by atoms with Crippen LogP contribution in [0, 0.1) is 6.92 Å². The van der Waals surface area contributed by atoms with Crippen LogP contribution in [0.3, 0.4) is 0 Å². The van der Waals surface area contributed by atoms with Crippen LogP contribution in [0.2, 0.25) is 0 Å². The Morgan fingerprint density at radius 1 is 1.17 bits per heavy atom. The molecule has 1 aromatic carbocycles. The summed E-state index contributed by atoms with van der Waals surface area (Å²) in [6.45, 7) is 3.54. The molecule has 0 fully saturated rings. The van der Waals surface area contributed by atoms with Gasteiger partial charge in [0.25, 0.3) is 0 Å². The van der Waals surface area contributed by atoms with E-state index in [-0.39, 0.29) is 9.79 Å². The molecule has 1 N–H and O–H groups in total. The second kappa shape index (κ2) is 5.59. The number of aromatic nitrogens is 1. The highest BCUT2D eigenvalue weighted by Gasteiger charge is 2.24. The van der Waals surface area contributed by atoms with Gasteiger partial charge in [-0.2, -0.15) is 0 Å². The van der Waals surface area contributed by atoms with Crippen molar-refractivity contribution in [1.82, 2.24) is 9.88 Å². The molecule has 130 valence electrons. The molecule has 24 heavy (non-hydrogen) atoms. The first-order chi connectivity index (χ1) is 11.1. The number of sulfone groups is 2. The first kappa shape index (κ1) is 17.0. The summed E-state index contributed by atoms with van der Waals surface area (Å²) in [5.41, 5.74) is 1.15. The third-order valence-corrected chi connectivity index (χ3v) is 6.46. The molecule has 0 saturated carbocycles. The zero-order valence-electron chi connectivity index (χ0n) is 13.7. The molecule has 1 aromatic heterocycles. The summed E-state index contributed by atoms with van der Waals surface area (Å²) in [5.74, 6) is 0.764. The van der Waals surface area contributed by atoms with E-state index in [1.807, 2.05) is 0 Å². The van der Waals surface area contributed by atoms with E-state index in [0.29, 0.717) is 29.7 Å². The zero-order chi connectivity index (χ0) is 17.7. The molecule has 0 unspecified atom stereocenters. The molecule has 0 spiro atoms. The predicted octanol–water partition coefficient (Wildman–Crippen LogP) is 0.758. The molecule has 2 aromatic rings. The summed E-state index contributed by atoms with van der Waals surface area (Å²) in [6.07, 6.45) is 2.29. The number of amidine groups is 1. The summed E-state index contributed by atoms with van der Waals surface area (Å²) >= 11 is 0. The van der Waals surface area contributed by atoms with Crippen molar-refractivity contribution in [2.75, 3.05) is 25.6 Å². The van der Waals surface area contributed by atoms with Gasteiger partial charge in [-0.3, -0.25) is 4.99 Å². The summed E-state index contributed by atoms with van der Waals surface area (Å²) in [5, 5.41) is 3.68. The summed E-state index contributed by atoms with van der Waals surface area (Å²) < 4.78 is 50.0. The van der Waals surface area contributed by atoms with Crippen molar-refractivity contribution < 1.29 is 16.8 Å². The third kappa shape index (κ3) is 2.93. The van der Waals surface area contributed by atoms with Crippen molar-refractivity contribution in [3.8, 4) is 0 Å². The summed E-state index contributed by atoms with van der Waals surface area (Å²) in [7, 11) is -6.84. The van der Waals surface area contributed by atoms with E-state index in [2.05, 4.69) is 10.3 Å².